The van der Waals surface area contributed by atoms with E-state index >= 15 is 0 Å². The Bertz CT molecular complexity index is 3890. The SMILES string of the molecule is c1cc(-c2ccc3c(c2)oc2ccccc23)cc(-c2c3ccccc3c(-c3ccc4oc5ccc6ccccc6c5c4c3)c3ccc(-c4cccc5ccccc45)cc23)c1. The van der Waals surface area contributed by atoms with Crippen molar-refractivity contribution in [3.63, 3.8) is 0 Å². The zero-order chi connectivity index (χ0) is 39.3. The van der Waals surface area contributed by atoms with Crippen molar-refractivity contribution in [2.24, 2.45) is 0 Å². The molecule has 0 fully saturated rings. The Kier molecular flexibility index (Phi) is 7.05. The molecule has 2 heterocycles. The normalized spacial score (nSPS) is 12.0. The third kappa shape index (κ3) is 4.95. The number of para-hydroxylation sites is 1. The predicted octanol–water partition coefficient (Wildman–Crippen LogP) is 16.8. The first-order chi connectivity index (χ1) is 29.7. The fraction of sp³-hybridized carbons (Fsp3) is 0. The molecule has 13 rings (SSSR count). The summed E-state index contributed by atoms with van der Waals surface area (Å²) < 4.78 is 12.8. The van der Waals surface area contributed by atoms with E-state index in [-0.39, 0.29) is 0 Å². The average Bonchev–Trinajstić information content (AvgIpc) is 3.88. The molecule has 0 aliphatic carbocycles. The Morgan fingerprint density at radius 1 is 0.233 bits per heavy atom. The van der Waals surface area contributed by atoms with Crippen molar-refractivity contribution >= 4 is 87.0 Å². The zero-order valence-corrected chi connectivity index (χ0v) is 32.4. The second-order valence-electron chi connectivity index (χ2n) is 15.9. The lowest BCUT2D eigenvalue weighted by Gasteiger charge is -2.19. The summed E-state index contributed by atoms with van der Waals surface area (Å²) in [4.78, 5) is 0. The minimum atomic E-state index is 0.895. The minimum absolute atomic E-state index is 0.895. The van der Waals surface area contributed by atoms with E-state index in [0.717, 1.165) is 60.6 Å². The van der Waals surface area contributed by atoms with Crippen LogP contribution in [-0.4, -0.2) is 0 Å². The molecule has 0 unspecified atom stereocenters. The Balaban J connectivity index is 1.09. The van der Waals surface area contributed by atoms with Gasteiger partial charge in [-0.1, -0.05) is 158 Å². The fourth-order valence-corrected chi connectivity index (χ4v) is 9.91. The molecule has 0 saturated heterocycles. The van der Waals surface area contributed by atoms with Gasteiger partial charge in [-0.15, -0.1) is 0 Å². The maximum absolute atomic E-state index is 6.48. The molecule has 60 heavy (non-hydrogen) atoms. The number of hydrogen-bond donors (Lipinski definition) is 0. The van der Waals surface area contributed by atoms with Gasteiger partial charge < -0.3 is 8.83 Å². The van der Waals surface area contributed by atoms with Gasteiger partial charge in [-0.2, -0.15) is 0 Å². The highest BCUT2D eigenvalue weighted by atomic mass is 16.3. The Hall–Kier alpha value is -7.94. The largest absolute Gasteiger partial charge is 0.456 e. The average molecular weight is 763 g/mol. The van der Waals surface area contributed by atoms with Crippen molar-refractivity contribution in [2.75, 3.05) is 0 Å². The summed E-state index contributed by atoms with van der Waals surface area (Å²) in [6, 6.07) is 74.8. The van der Waals surface area contributed by atoms with Crippen LogP contribution in [0, 0.1) is 0 Å². The van der Waals surface area contributed by atoms with Crippen LogP contribution in [-0.2, 0) is 0 Å². The Labute approximate surface area is 345 Å². The molecule has 0 aliphatic heterocycles. The summed E-state index contributed by atoms with van der Waals surface area (Å²) in [6.45, 7) is 0. The number of hydrogen-bond acceptors (Lipinski definition) is 2. The summed E-state index contributed by atoms with van der Waals surface area (Å²) in [5.74, 6) is 0. The molecular formula is C58H34O2. The van der Waals surface area contributed by atoms with Gasteiger partial charge in [-0.25, -0.2) is 0 Å². The highest BCUT2D eigenvalue weighted by Gasteiger charge is 2.20. The van der Waals surface area contributed by atoms with Crippen molar-refractivity contribution in [2.45, 2.75) is 0 Å². The lowest BCUT2D eigenvalue weighted by Crippen LogP contribution is -1.92. The molecule has 0 atom stereocenters. The second kappa shape index (κ2) is 12.8. The van der Waals surface area contributed by atoms with Crippen LogP contribution in [0.15, 0.2) is 215 Å². The molecule has 0 bridgehead atoms. The van der Waals surface area contributed by atoms with Gasteiger partial charge in [0.2, 0.25) is 0 Å². The van der Waals surface area contributed by atoms with Crippen LogP contribution < -0.4 is 0 Å². The second-order valence-corrected chi connectivity index (χ2v) is 15.9. The first kappa shape index (κ1) is 33.1. The topological polar surface area (TPSA) is 26.3 Å². The third-order valence-electron chi connectivity index (χ3n) is 12.6. The van der Waals surface area contributed by atoms with Gasteiger partial charge in [0, 0.05) is 21.5 Å². The van der Waals surface area contributed by atoms with Gasteiger partial charge in [0.05, 0.1) is 0 Å². The van der Waals surface area contributed by atoms with Crippen molar-refractivity contribution < 1.29 is 8.83 Å². The van der Waals surface area contributed by atoms with E-state index in [1.165, 1.54) is 70.9 Å². The first-order valence-corrected chi connectivity index (χ1v) is 20.6. The molecule has 0 amide bonds. The van der Waals surface area contributed by atoms with E-state index in [4.69, 9.17) is 8.83 Å². The Morgan fingerprint density at radius 3 is 1.62 bits per heavy atom. The van der Waals surface area contributed by atoms with Crippen LogP contribution in [0.4, 0.5) is 0 Å². The monoisotopic (exact) mass is 762 g/mol. The predicted molar refractivity (Wildman–Crippen MR) is 253 cm³/mol. The molecule has 13 aromatic rings. The molecule has 278 valence electrons. The van der Waals surface area contributed by atoms with Gasteiger partial charge in [-0.05, 0) is 136 Å². The molecule has 2 aromatic heterocycles. The summed E-state index contributed by atoms with van der Waals surface area (Å²) in [6.07, 6.45) is 0. The molecule has 0 N–H and O–H groups in total. The van der Waals surface area contributed by atoms with Crippen LogP contribution in [0.25, 0.3) is 131 Å². The van der Waals surface area contributed by atoms with E-state index in [2.05, 4.69) is 194 Å². The van der Waals surface area contributed by atoms with E-state index < -0.39 is 0 Å². The van der Waals surface area contributed by atoms with Gasteiger partial charge in [0.25, 0.3) is 0 Å². The molecule has 0 spiro atoms. The first-order valence-electron chi connectivity index (χ1n) is 20.6. The molecule has 11 aromatic carbocycles. The van der Waals surface area contributed by atoms with E-state index in [1.807, 2.05) is 12.1 Å². The van der Waals surface area contributed by atoms with Crippen LogP contribution in [0.5, 0.6) is 0 Å². The van der Waals surface area contributed by atoms with Crippen molar-refractivity contribution in [3.05, 3.63) is 206 Å². The highest BCUT2D eigenvalue weighted by molar-refractivity contribution is 6.24. The number of fused-ring (bicyclic) bond motifs is 11. The van der Waals surface area contributed by atoms with E-state index in [1.54, 1.807) is 0 Å². The molecule has 0 aliphatic rings. The maximum atomic E-state index is 6.48. The summed E-state index contributed by atoms with van der Waals surface area (Å²) in [7, 11) is 0. The van der Waals surface area contributed by atoms with Crippen LogP contribution in [0.1, 0.15) is 0 Å². The standard InChI is InChI=1S/C58H34O2/c1-3-16-42-35(11-1)13-10-21-43(42)39-24-28-49-50(32-39)57(40-15-9-14-37(31-40)38-23-27-46-45-18-7-8-22-52(45)60-55(46)34-38)48-20-6-5-19-47(48)56(49)41-26-29-53-51(33-41)58-44-17-4-2-12-36(44)25-30-54(58)59-53/h1-34H. The molecule has 2 heteroatoms. The number of benzene rings is 11. The van der Waals surface area contributed by atoms with Crippen LogP contribution >= 0.6 is 0 Å². The van der Waals surface area contributed by atoms with Crippen LogP contribution in [0.2, 0.25) is 0 Å². The summed E-state index contributed by atoms with van der Waals surface area (Å²) in [5, 5.41) is 14.3. The van der Waals surface area contributed by atoms with Crippen molar-refractivity contribution in [1.29, 1.82) is 0 Å². The quantitative estimate of drug-likeness (QED) is 0.167. The van der Waals surface area contributed by atoms with Crippen LogP contribution in [0.3, 0.4) is 0 Å². The zero-order valence-electron chi connectivity index (χ0n) is 32.4. The lowest BCUT2D eigenvalue weighted by atomic mass is 9.84. The molecular weight excluding hydrogens is 729 g/mol. The van der Waals surface area contributed by atoms with Gasteiger partial charge in [-0.3, -0.25) is 0 Å². The van der Waals surface area contributed by atoms with Gasteiger partial charge in [0.15, 0.2) is 0 Å². The summed E-state index contributed by atoms with van der Waals surface area (Å²) >= 11 is 0. The van der Waals surface area contributed by atoms with E-state index in [0.29, 0.717) is 0 Å². The fourth-order valence-electron chi connectivity index (χ4n) is 9.91. The van der Waals surface area contributed by atoms with Crippen molar-refractivity contribution in [1.82, 2.24) is 0 Å². The molecule has 0 radical (unpaired) electrons. The molecule has 2 nitrogen and oxygen atoms in total. The molecule has 0 saturated carbocycles. The van der Waals surface area contributed by atoms with E-state index in [9.17, 15) is 0 Å². The minimum Gasteiger partial charge on any atom is -0.456 e. The Morgan fingerprint density at radius 2 is 0.750 bits per heavy atom. The maximum Gasteiger partial charge on any atom is 0.136 e. The lowest BCUT2D eigenvalue weighted by molar-refractivity contribution is 0.669. The number of rotatable bonds is 4. The summed E-state index contributed by atoms with van der Waals surface area (Å²) in [5.41, 5.74) is 13.1. The third-order valence-corrected chi connectivity index (χ3v) is 12.6. The van der Waals surface area contributed by atoms with Gasteiger partial charge in [0.1, 0.15) is 22.3 Å². The smallest absolute Gasteiger partial charge is 0.136 e. The number of furan rings is 2. The van der Waals surface area contributed by atoms with Crippen molar-refractivity contribution in [3.8, 4) is 44.5 Å². The highest BCUT2D eigenvalue weighted by Crippen LogP contribution is 2.47. The van der Waals surface area contributed by atoms with Gasteiger partial charge >= 0.3 is 0 Å².